The first kappa shape index (κ1) is 17.5. The van der Waals surface area contributed by atoms with Crippen molar-refractivity contribution in [3.05, 3.63) is 63.6 Å². The molecule has 2 rings (SSSR count). The molecule has 2 aromatic carbocycles. The Bertz CT molecular complexity index is 732. The van der Waals surface area contributed by atoms with Crippen molar-refractivity contribution in [2.45, 2.75) is 17.9 Å². The van der Waals surface area contributed by atoms with Gasteiger partial charge < -0.3 is 5.32 Å². The van der Waals surface area contributed by atoms with Crippen molar-refractivity contribution in [2.24, 2.45) is 0 Å². The molecular formula is C16H17BrClNO2S. The summed E-state index contributed by atoms with van der Waals surface area (Å²) < 4.78 is 25.3. The molecule has 3 nitrogen and oxygen atoms in total. The number of benzene rings is 2. The van der Waals surface area contributed by atoms with E-state index < -0.39 is 9.84 Å². The van der Waals surface area contributed by atoms with Gasteiger partial charge in [0.1, 0.15) is 0 Å². The number of nitrogens with one attached hydrogen (secondary N) is 1. The number of hydrogen-bond donors (Lipinski definition) is 1. The highest BCUT2D eigenvalue weighted by molar-refractivity contribution is 9.10. The van der Waals surface area contributed by atoms with Crippen LogP contribution in [0.15, 0.2) is 57.9 Å². The summed E-state index contributed by atoms with van der Waals surface area (Å²) in [6.45, 7) is 2.37. The quantitative estimate of drug-likeness (QED) is 0.786. The first-order valence-electron chi connectivity index (χ1n) is 6.86. The maximum atomic E-state index is 12.2. The molecule has 0 heterocycles. The van der Waals surface area contributed by atoms with Gasteiger partial charge in [0, 0.05) is 22.1 Å². The fraction of sp³-hybridized carbons (Fsp3) is 0.250. The van der Waals surface area contributed by atoms with Crippen LogP contribution >= 0.6 is 27.5 Å². The lowest BCUT2D eigenvalue weighted by Crippen LogP contribution is -2.25. The summed E-state index contributed by atoms with van der Waals surface area (Å²) in [5.41, 5.74) is 1.04. The average molecular weight is 403 g/mol. The second-order valence-corrected chi connectivity index (χ2v) is 8.46. The van der Waals surface area contributed by atoms with Crippen LogP contribution in [0.2, 0.25) is 5.02 Å². The Morgan fingerprint density at radius 2 is 1.86 bits per heavy atom. The molecule has 0 amide bonds. The summed E-state index contributed by atoms with van der Waals surface area (Å²) in [5.74, 6) is 0.0551. The zero-order valence-electron chi connectivity index (χ0n) is 12.1. The van der Waals surface area contributed by atoms with Crippen molar-refractivity contribution in [3.63, 3.8) is 0 Å². The van der Waals surface area contributed by atoms with E-state index in [0.717, 1.165) is 10.0 Å². The molecule has 0 radical (unpaired) electrons. The van der Waals surface area contributed by atoms with Gasteiger partial charge in [-0.3, -0.25) is 0 Å². The summed E-state index contributed by atoms with van der Waals surface area (Å²) in [6, 6.07) is 14.3. The molecule has 1 atom stereocenters. The fourth-order valence-corrected chi connectivity index (χ4v) is 3.70. The van der Waals surface area contributed by atoms with Gasteiger partial charge in [-0.05, 0) is 48.9 Å². The molecule has 22 heavy (non-hydrogen) atoms. The molecule has 0 saturated heterocycles. The number of rotatable bonds is 6. The summed E-state index contributed by atoms with van der Waals surface area (Å²) in [7, 11) is -3.27. The monoisotopic (exact) mass is 401 g/mol. The third-order valence-electron chi connectivity index (χ3n) is 3.34. The van der Waals surface area contributed by atoms with Crippen LogP contribution in [0.5, 0.6) is 0 Å². The highest BCUT2D eigenvalue weighted by Crippen LogP contribution is 2.18. The molecule has 0 aliphatic carbocycles. The highest BCUT2D eigenvalue weighted by atomic mass is 79.9. The summed E-state index contributed by atoms with van der Waals surface area (Å²) in [5, 5.41) is 3.89. The molecule has 118 valence electrons. The molecule has 0 fully saturated rings. The van der Waals surface area contributed by atoms with E-state index in [9.17, 15) is 8.42 Å². The van der Waals surface area contributed by atoms with E-state index in [2.05, 4.69) is 21.2 Å². The average Bonchev–Trinajstić information content (AvgIpc) is 2.47. The summed E-state index contributed by atoms with van der Waals surface area (Å²) in [4.78, 5) is 0.341. The third-order valence-corrected chi connectivity index (χ3v) is 5.84. The molecule has 0 aliphatic rings. The molecule has 0 unspecified atom stereocenters. The van der Waals surface area contributed by atoms with Crippen LogP contribution < -0.4 is 5.32 Å². The number of halogens is 2. The second-order valence-electron chi connectivity index (χ2n) is 5.00. The van der Waals surface area contributed by atoms with E-state index >= 15 is 0 Å². The minimum atomic E-state index is -3.27. The minimum Gasteiger partial charge on any atom is -0.309 e. The minimum absolute atomic E-state index is 0.0406. The SMILES string of the molecule is C[C@H](NCCS(=O)(=O)c1ccc(Br)cc1)c1cccc(Cl)c1. The van der Waals surface area contributed by atoms with Gasteiger partial charge in [0.15, 0.2) is 9.84 Å². The van der Waals surface area contributed by atoms with Crippen molar-refractivity contribution in [3.8, 4) is 0 Å². The maximum absolute atomic E-state index is 12.2. The topological polar surface area (TPSA) is 46.2 Å². The Morgan fingerprint density at radius 3 is 2.50 bits per heavy atom. The summed E-state index contributed by atoms with van der Waals surface area (Å²) in [6.07, 6.45) is 0. The van der Waals surface area contributed by atoms with Crippen molar-refractivity contribution in [1.29, 1.82) is 0 Å². The van der Waals surface area contributed by atoms with Crippen molar-refractivity contribution >= 4 is 37.4 Å². The summed E-state index contributed by atoms with van der Waals surface area (Å²) >= 11 is 9.26. The van der Waals surface area contributed by atoms with Gasteiger partial charge >= 0.3 is 0 Å². The van der Waals surface area contributed by atoms with E-state index in [1.807, 2.05) is 31.2 Å². The van der Waals surface area contributed by atoms with Gasteiger partial charge in [-0.25, -0.2) is 8.42 Å². The van der Waals surface area contributed by atoms with E-state index in [4.69, 9.17) is 11.6 Å². The van der Waals surface area contributed by atoms with Gasteiger partial charge in [-0.2, -0.15) is 0 Å². The lowest BCUT2D eigenvalue weighted by atomic mass is 10.1. The molecule has 0 aromatic heterocycles. The molecular weight excluding hydrogens is 386 g/mol. The third kappa shape index (κ3) is 4.81. The van der Waals surface area contributed by atoms with Crippen LogP contribution in [0.3, 0.4) is 0 Å². The number of hydrogen-bond acceptors (Lipinski definition) is 3. The number of sulfone groups is 1. The van der Waals surface area contributed by atoms with Crippen LogP contribution in [-0.4, -0.2) is 20.7 Å². The van der Waals surface area contributed by atoms with E-state index in [-0.39, 0.29) is 11.8 Å². The van der Waals surface area contributed by atoms with Gasteiger partial charge in [0.05, 0.1) is 10.6 Å². The lowest BCUT2D eigenvalue weighted by molar-refractivity contribution is 0.572. The zero-order valence-corrected chi connectivity index (χ0v) is 15.2. The predicted molar refractivity (Wildman–Crippen MR) is 94.1 cm³/mol. The highest BCUT2D eigenvalue weighted by Gasteiger charge is 2.14. The second kappa shape index (κ2) is 7.59. The predicted octanol–water partition coefficient (Wildman–Crippen LogP) is 4.23. The van der Waals surface area contributed by atoms with Crippen LogP contribution in [0, 0.1) is 0 Å². The van der Waals surface area contributed by atoms with E-state index in [0.29, 0.717) is 16.5 Å². The van der Waals surface area contributed by atoms with Crippen LogP contribution in [0.4, 0.5) is 0 Å². The maximum Gasteiger partial charge on any atom is 0.179 e. The molecule has 2 aromatic rings. The van der Waals surface area contributed by atoms with Crippen molar-refractivity contribution < 1.29 is 8.42 Å². The zero-order chi connectivity index (χ0) is 16.2. The van der Waals surface area contributed by atoms with Crippen LogP contribution in [0.1, 0.15) is 18.5 Å². The molecule has 0 aliphatic heterocycles. The first-order valence-corrected chi connectivity index (χ1v) is 9.68. The smallest absolute Gasteiger partial charge is 0.179 e. The Kier molecular flexibility index (Phi) is 6.03. The molecule has 6 heteroatoms. The van der Waals surface area contributed by atoms with E-state index in [1.165, 1.54) is 0 Å². The van der Waals surface area contributed by atoms with Crippen molar-refractivity contribution in [2.75, 3.05) is 12.3 Å². The molecule has 0 spiro atoms. The first-order chi connectivity index (χ1) is 10.4. The van der Waals surface area contributed by atoms with Crippen LogP contribution in [0.25, 0.3) is 0 Å². The van der Waals surface area contributed by atoms with Gasteiger partial charge in [0.25, 0.3) is 0 Å². The Labute approximate surface area is 144 Å². The van der Waals surface area contributed by atoms with E-state index in [1.54, 1.807) is 24.3 Å². The van der Waals surface area contributed by atoms with Crippen molar-refractivity contribution in [1.82, 2.24) is 5.32 Å². The normalized spacial score (nSPS) is 13.0. The molecule has 0 saturated carbocycles. The fourth-order valence-electron chi connectivity index (χ4n) is 2.06. The van der Waals surface area contributed by atoms with Gasteiger partial charge in [0.2, 0.25) is 0 Å². The molecule has 1 N–H and O–H groups in total. The molecule has 0 bridgehead atoms. The van der Waals surface area contributed by atoms with Gasteiger partial charge in [-0.15, -0.1) is 0 Å². The standard InChI is InChI=1S/C16H17BrClNO2S/c1-12(13-3-2-4-15(18)11-13)19-9-10-22(20,21)16-7-5-14(17)6-8-16/h2-8,11-12,19H,9-10H2,1H3/t12-/m0/s1. The Balaban J connectivity index is 1.94. The Hall–Kier alpha value is -0.880. The Morgan fingerprint density at radius 1 is 1.18 bits per heavy atom. The van der Waals surface area contributed by atoms with Crippen LogP contribution in [-0.2, 0) is 9.84 Å². The lowest BCUT2D eigenvalue weighted by Gasteiger charge is -2.14. The largest absolute Gasteiger partial charge is 0.309 e. The van der Waals surface area contributed by atoms with Gasteiger partial charge in [-0.1, -0.05) is 39.7 Å².